The molecular formula is C11H11IN2. The van der Waals surface area contributed by atoms with Gasteiger partial charge in [0, 0.05) is 22.4 Å². The predicted octanol–water partition coefficient (Wildman–Crippen LogP) is 3.00. The first-order valence-corrected chi connectivity index (χ1v) is 5.51. The fraction of sp³-hybridized carbons (Fsp3) is 0.182. The Hall–Kier alpha value is -0.840. The number of nitrogens with zero attached hydrogens (tertiary/aromatic N) is 2. The average Bonchev–Trinajstić information content (AvgIpc) is 2.56. The lowest BCUT2D eigenvalue weighted by Gasteiger charge is -2.05. The molecule has 2 nitrogen and oxygen atoms in total. The van der Waals surface area contributed by atoms with Crippen molar-refractivity contribution in [3.05, 3.63) is 39.6 Å². The normalized spacial score (nSPS) is 10.5. The molecule has 0 amide bonds. The van der Waals surface area contributed by atoms with E-state index in [-0.39, 0.29) is 0 Å². The van der Waals surface area contributed by atoms with E-state index < -0.39 is 0 Å². The van der Waals surface area contributed by atoms with Gasteiger partial charge in [0.25, 0.3) is 0 Å². The lowest BCUT2D eigenvalue weighted by molar-refractivity contribution is 0.775. The van der Waals surface area contributed by atoms with Gasteiger partial charge in [-0.05, 0) is 47.7 Å². The van der Waals surface area contributed by atoms with Crippen LogP contribution in [0.25, 0.3) is 11.3 Å². The molecule has 14 heavy (non-hydrogen) atoms. The maximum atomic E-state index is 4.18. The molecule has 0 N–H and O–H groups in total. The number of aryl methyl sites for hydroxylation is 2. The summed E-state index contributed by atoms with van der Waals surface area (Å²) in [4.78, 5) is 0. The second-order valence-electron chi connectivity index (χ2n) is 3.32. The molecule has 0 atom stereocenters. The van der Waals surface area contributed by atoms with Crippen molar-refractivity contribution in [1.82, 2.24) is 9.78 Å². The maximum Gasteiger partial charge on any atom is 0.0689 e. The summed E-state index contributed by atoms with van der Waals surface area (Å²) >= 11 is 2.35. The smallest absolute Gasteiger partial charge is 0.0689 e. The molecule has 1 heterocycles. The topological polar surface area (TPSA) is 17.8 Å². The van der Waals surface area contributed by atoms with Crippen LogP contribution in [0.15, 0.2) is 30.5 Å². The highest BCUT2D eigenvalue weighted by Crippen LogP contribution is 2.25. The van der Waals surface area contributed by atoms with Crippen LogP contribution in [-0.2, 0) is 7.05 Å². The van der Waals surface area contributed by atoms with E-state index in [0.717, 1.165) is 5.69 Å². The van der Waals surface area contributed by atoms with Crippen LogP contribution in [0.4, 0.5) is 0 Å². The molecule has 3 heteroatoms. The van der Waals surface area contributed by atoms with Gasteiger partial charge in [-0.25, -0.2) is 0 Å². The van der Waals surface area contributed by atoms with Gasteiger partial charge in [0.15, 0.2) is 0 Å². The predicted molar refractivity (Wildman–Crippen MR) is 66.1 cm³/mol. The summed E-state index contributed by atoms with van der Waals surface area (Å²) in [5.41, 5.74) is 3.70. The molecule has 0 bridgehead atoms. The van der Waals surface area contributed by atoms with Gasteiger partial charge in [-0.1, -0.05) is 11.6 Å². The van der Waals surface area contributed by atoms with Crippen LogP contribution >= 0.6 is 22.6 Å². The summed E-state index contributed by atoms with van der Waals surface area (Å²) in [5, 5.41) is 4.18. The summed E-state index contributed by atoms with van der Waals surface area (Å²) in [5.74, 6) is 0. The lowest BCUT2D eigenvalue weighted by atomic mass is 10.1. The number of benzene rings is 1. The van der Waals surface area contributed by atoms with Gasteiger partial charge in [-0.3, -0.25) is 4.68 Å². The van der Waals surface area contributed by atoms with E-state index in [2.05, 4.69) is 52.8 Å². The van der Waals surface area contributed by atoms with Gasteiger partial charge < -0.3 is 0 Å². The molecule has 0 spiro atoms. The fourth-order valence-corrected chi connectivity index (χ4v) is 2.09. The number of aromatic nitrogens is 2. The Morgan fingerprint density at radius 3 is 2.71 bits per heavy atom. The lowest BCUT2D eigenvalue weighted by Crippen LogP contribution is -1.95. The molecule has 2 rings (SSSR count). The second kappa shape index (κ2) is 3.73. The molecule has 1 aromatic carbocycles. The monoisotopic (exact) mass is 298 g/mol. The van der Waals surface area contributed by atoms with Gasteiger partial charge >= 0.3 is 0 Å². The molecule has 0 aliphatic carbocycles. The maximum absolute atomic E-state index is 4.18. The van der Waals surface area contributed by atoms with Crippen LogP contribution in [0.1, 0.15) is 5.56 Å². The van der Waals surface area contributed by atoms with Crippen LogP contribution < -0.4 is 0 Å². The van der Waals surface area contributed by atoms with E-state index in [4.69, 9.17) is 0 Å². The third kappa shape index (κ3) is 1.68. The van der Waals surface area contributed by atoms with E-state index in [1.54, 1.807) is 0 Å². The molecule has 0 aliphatic rings. The molecule has 0 radical (unpaired) electrons. The van der Waals surface area contributed by atoms with Crippen LogP contribution in [0.2, 0.25) is 0 Å². The zero-order valence-corrected chi connectivity index (χ0v) is 10.3. The molecular weight excluding hydrogens is 287 g/mol. The number of hydrogen-bond donors (Lipinski definition) is 0. The van der Waals surface area contributed by atoms with Crippen molar-refractivity contribution < 1.29 is 0 Å². The van der Waals surface area contributed by atoms with Crippen LogP contribution in [0.3, 0.4) is 0 Å². The Labute approximate surface area is 97.1 Å². The summed E-state index contributed by atoms with van der Waals surface area (Å²) in [6, 6.07) is 8.50. The van der Waals surface area contributed by atoms with Gasteiger partial charge in [-0.15, -0.1) is 0 Å². The van der Waals surface area contributed by atoms with E-state index in [0.29, 0.717) is 0 Å². The van der Waals surface area contributed by atoms with Crippen molar-refractivity contribution in [3.8, 4) is 11.3 Å². The van der Waals surface area contributed by atoms with Crippen molar-refractivity contribution in [2.24, 2.45) is 7.05 Å². The highest BCUT2D eigenvalue weighted by molar-refractivity contribution is 14.1. The van der Waals surface area contributed by atoms with Gasteiger partial charge in [-0.2, -0.15) is 5.10 Å². The van der Waals surface area contributed by atoms with Crippen LogP contribution in [0.5, 0.6) is 0 Å². The van der Waals surface area contributed by atoms with Crippen molar-refractivity contribution in [2.45, 2.75) is 6.92 Å². The summed E-state index contributed by atoms with van der Waals surface area (Å²) in [7, 11) is 1.97. The van der Waals surface area contributed by atoms with E-state index in [1.807, 2.05) is 24.0 Å². The Kier molecular flexibility index (Phi) is 2.58. The first kappa shape index (κ1) is 9.71. The Morgan fingerprint density at radius 1 is 1.29 bits per heavy atom. The van der Waals surface area contributed by atoms with E-state index in [9.17, 15) is 0 Å². The van der Waals surface area contributed by atoms with Crippen molar-refractivity contribution >= 4 is 22.6 Å². The fourth-order valence-electron chi connectivity index (χ4n) is 1.47. The summed E-state index contributed by atoms with van der Waals surface area (Å²) in [6.07, 6.45) is 1.83. The van der Waals surface area contributed by atoms with Gasteiger partial charge in [0.1, 0.15) is 0 Å². The number of halogens is 1. The minimum atomic E-state index is 1.16. The SMILES string of the molecule is Cc1ccc(I)c(-c2ccnn2C)c1. The van der Waals surface area contributed by atoms with Gasteiger partial charge in [0.2, 0.25) is 0 Å². The third-order valence-electron chi connectivity index (χ3n) is 2.22. The first-order valence-electron chi connectivity index (χ1n) is 4.43. The van der Waals surface area contributed by atoms with E-state index >= 15 is 0 Å². The molecule has 0 unspecified atom stereocenters. The summed E-state index contributed by atoms with van der Waals surface area (Å²) < 4.78 is 3.16. The highest BCUT2D eigenvalue weighted by atomic mass is 127. The molecule has 0 saturated heterocycles. The molecule has 0 saturated carbocycles. The number of rotatable bonds is 1. The second-order valence-corrected chi connectivity index (χ2v) is 4.49. The molecule has 0 fully saturated rings. The largest absolute Gasteiger partial charge is 0.268 e. The Balaban J connectivity index is 2.62. The minimum absolute atomic E-state index is 1.16. The van der Waals surface area contributed by atoms with E-state index in [1.165, 1.54) is 14.7 Å². The number of hydrogen-bond acceptors (Lipinski definition) is 1. The van der Waals surface area contributed by atoms with Crippen molar-refractivity contribution in [1.29, 1.82) is 0 Å². The minimum Gasteiger partial charge on any atom is -0.268 e. The standard InChI is InChI=1S/C11H11IN2/c1-8-3-4-10(12)9(7-8)11-5-6-13-14(11)2/h3-7H,1-2H3. The summed E-state index contributed by atoms with van der Waals surface area (Å²) in [6.45, 7) is 2.11. The van der Waals surface area contributed by atoms with Crippen molar-refractivity contribution in [2.75, 3.05) is 0 Å². The zero-order chi connectivity index (χ0) is 10.1. The van der Waals surface area contributed by atoms with Crippen molar-refractivity contribution in [3.63, 3.8) is 0 Å². The Bertz CT molecular complexity index is 460. The van der Waals surface area contributed by atoms with Gasteiger partial charge in [0.05, 0.1) is 5.69 Å². The average molecular weight is 298 g/mol. The molecule has 2 aromatic rings. The zero-order valence-electron chi connectivity index (χ0n) is 8.16. The van der Waals surface area contributed by atoms with Crippen LogP contribution in [-0.4, -0.2) is 9.78 Å². The molecule has 0 aliphatic heterocycles. The third-order valence-corrected chi connectivity index (χ3v) is 3.16. The Morgan fingerprint density at radius 2 is 2.07 bits per heavy atom. The highest BCUT2D eigenvalue weighted by Gasteiger charge is 2.06. The molecule has 72 valence electrons. The quantitative estimate of drug-likeness (QED) is 0.740. The first-order chi connectivity index (χ1) is 6.68. The van der Waals surface area contributed by atoms with Crippen LogP contribution in [0, 0.1) is 10.5 Å². The molecule has 1 aromatic heterocycles.